The molecule has 0 saturated heterocycles. The number of nitro benzene ring substituents is 1. The lowest BCUT2D eigenvalue weighted by molar-refractivity contribution is -0.384. The van der Waals surface area contributed by atoms with Gasteiger partial charge in [0.2, 0.25) is 5.90 Å². The number of amides is 1. The Morgan fingerprint density at radius 3 is 2.57 bits per heavy atom. The molecule has 2 N–H and O–H groups in total. The highest BCUT2D eigenvalue weighted by molar-refractivity contribution is 5.98. The Bertz CT molecular complexity index is 587. The summed E-state index contributed by atoms with van der Waals surface area (Å²) in [5, 5.41) is 19.7. The number of hydrogen-bond acceptors (Lipinski definition) is 5. The molecule has 114 valence electrons. The van der Waals surface area contributed by atoms with Crippen molar-refractivity contribution in [2.45, 2.75) is 13.1 Å². The summed E-state index contributed by atoms with van der Waals surface area (Å²) < 4.78 is 41.2. The topological polar surface area (TPSA) is 105 Å². The minimum absolute atomic E-state index is 0.00792. The summed E-state index contributed by atoms with van der Waals surface area (Å²) in [5.74, 6) is -2.69. The first kappa shape index (κ1) is 16.4. The number of carbonyl (C=O) groups excluding carboxylic acids is 1. The van der Waals surface area contributed by atoms with E-state index in [0.29, 0.717) is 0 Å². The molecule has 0 aliphatic rings. The monoisotopic (exact) mass is 305 g/mol. The maximum atomic E-state index is 12.1. The maximum Gasteiger partial charge on any atom is 0.471 e. The first-order chi connectivity index (χ1) is 9.66. The Labute approximate surface area is 116 Å². The van der Waals surface area contributed by atoms with Crippen LogP contribution in [0.1, 0.15) is 12.5 Å². The molecule has 0 aliphatic heterocycles. The van der Waals surface area contributed by atoms with Gasteiger partial charge >= 0.3 is 12.1 Å². The standard InChI is InChI=1S/C11H10F3N3O4/c1-2-21-9(15)6-3-4-7(8(5-6)17(19)20)16-10(18)11(12,13)14/h3-5,15H,2H2,1H3,(H,16,18). The first-order valence-electron chi connectivity index (χ1n) is 5.55. The van der Waals surface area contributed by atoms with Crippen molar-refractivity contribution < 1.29 is 27.6 Å². The van der Waals surface area contributed by atoms with E-state index in [1.807, 2.05) is 0 Å². The molecule has 0 saturated carbocycles. The summed E-state index contributed by atoms with van der Waals surface area (Å²) >= 11 is 0. The van der Waals surface area contributed by atoms with Crippen LogP contribution in [-0.2, 0) is 9.53 Å². The molecule has 0 bridgehead atoms. The second kappa shape index (κ2) is 6.20. The van der Waals surface area contributed by atoms with Gasteiger partial charge in [0.25, 0.3) is 5.69 Å². The van der Waals surface area contributed by atoms with E-state index < -0.39 is 28.4 Å². The van der Waals surface area contributed by atoms with Crippen molar-refractivity contribution in [2.75, 3.05) is 11.9 Å². The SMILES string of the molecule is CCOC(=N)c1ccc(NC(=O)C(F)(F)F)c([N+](=O)[O-])c1. The van der Waals surface area contributed by atoms with Crippen LogP contribution in [0.2, 0.25) is 0 Å². The Morgan fingerprint density at radius 2 is 2.10 bits per heavy atom. The van der Waals surface area contributed by atoms with Crippen molar-refractivity contribution in [1.29, 1.82) is 5.41 Å². The van der Waals surface area contributed by atoms with Crippen molar-refractivity contribution in [3.63, 3.8) is 0 Å². The molecule has 1 aromatic carbocycles. The third-order valence-corrected chi connectivity index (χ3v) is 2.25. The largest absolute Gasteiger partial charge is 0.478 e. The number of rotatable bonds is 4. The molecule has 21 heavy (non-hydrogen) atoms. The number of benzene rings is 1. The lowest BCUT2D eigenvalue weighted by Gasteiger charge is -2.10. The number of nitrogens with zero attached hydrogens (tertiary/aromatic N) is 1. The van der Waals surface area contributed by atoms with Gasteiger partial charge in [0.15, 0.2) is 0 Å². The van der Waals surface area contributed by atoms with Gasteiger partial charge in [-0.3, -0.25) is 20.3 Å². The molecule has 1 aromatic rings. The van der Waals surface area contributed by atoms with E-state index in [-0.39, 0.29) is 18.1 Å². The van der Waals surface area contributed by atoms with Crippen LogP contribution in [0, 0.1) is 15.5 Å². The Morgan fingerprint density at radius 1 is 1.48 bits per heavy atom. The minimum Gasteiger partial charge on any atom is -0.478 e. The van der Waals surface area contributed by atoms with Gasteiger partial charge in [-0.2, -0.15) is 13.2 Å². The molecule has 0 atom stereocenters. The van der Waals surface area contributed by atoms with Gasteiger partial charge in [-0.1, -0.05) is 0 Å². The molecule has 7 nitrogen and oxygen atoms in total. The fourth-order valence-corrected chi connectivity index (χ4v) is 1.35. The molecule has 0 fully saturated rings. The number of alkyl halides is 3. The van der Waals surface area contributed by atoms with Gasteiger partial charge in [-0.25, -0.2) is 0 Å². The van der Waals surface area contributed by atoms with E-state index in [0.717, 1.165) is 18.2 Å². The van der Waals surface area contributed by atoms with Crippen molar-refractivity contribution >= 4 is 23.2 Å². The Kier molecular flexibility index (Phi) is 4.84. The third-order valence-electron chi connectivity index (χ3n) is 2.25. The minimum atomic E-state index is -5.16. The summed E-state index contributed by atoms with van der Waals surface area (Å²) in [6, 6.07) is 2.89. The number of carbonyl (C=O) groups is 1. The zero-order valence-corrected chi connectivity index (χ0v) is 10.7. The van der Waals surface area contributed by atoms with Crippen LogP contribution in [0.25, 0.3) is 0 Å². The van der Waals surface area contributed by atoms with Crippen molar-refractivity contribution in [1.82, 2.24) is 0 Å². The van der Waals surface area contributed by atoms with E-state index >= 15 is 0 Å². The molecule has 10 heteroatoms. The highest BCUT2D eigenvalue weighted by atomic mass is 19.4. The molecule has 0 radical (unpaired) electrons. The lowest BCUT2D eigenvalue weighted by atomic mass is 10.1. The van der Waals surface area contributed by atoms with Crippen LogP contribution in [0.15, 0.2) is 18.2 Å². The Balaban J connectivity index is 3.14. The van der Waals surface area contributed by atoms with Gasteiger partial charge in [0, 0.05) is 11.6 Å². The van der Waals surface area contributed by atoms with Gasteiger partial charge in [0.05, 0.1) is 11.5 Å². The van der Waals surface area contributed by atoms with Gasteiger partial charge in [0.1, 0.15) is 5.69 Å². The Hall–Kier alpha value is -2.65. The number of ether oxygens (including phenoxy) is 1. The van der Waals surface area contributed by atoms with Crippen molar-refractivity contribution in [3.05, 3.63) is 33.9 Å². The zero-order valence-electron chi connectivity index (χ0n) is 10.7. The summed E-state index contributed by atoms with van der Waals surface area (Å²) in [4.78, 5) is 20.7. The third kappa shape index (κ3) is 4.16. The summed E-state index contributed by atoms with van der Waals surface area (Å²) in [7, 11) is 0. The normalized spacial score (nSPS) is 10.9. The molecule has 0 unspecified atom stereocenters. The van der Waals surface area contributed by atoms with E-state index in [1.165, 1.54) is 5.32 Å². The smallest absolute Gasteiger partial charge is 0.471 e. The van der Waals surface area contributed by atoms with Crippen LogP contribution in [0.3, 0.4) is 0 Å². The summed E-state index contributed by atoms with van der Waals surface area (Å²) in [6.07, 6.45) is -5.16. The molecular formula is C11H10F3N3O4. The van der Waals surface area contributed by atoms with Gasteiger partial charge < -0.3 is 10.1 Å². The second-order valence-corrected chi connectivity index (χ2v) is 3.70. The van der Waals surface area contributed by atoms with Crippen LogP contribution in [0.5, 0.6) is 0 Å². The molecule has 1 amide bonds. The summed E-state index contributed by atoms with van der Waals surface area (Å²) in [5.41, 5.74) is -1.38. The zero-order chi connectivity index (χ0) is 16.2. The first-order valence-corrected chi connectivity index (χ1v) is 5.55. The van der Waals surface area contributed by atoms with Gasteiger partial charge in [-0.15, -0.1) is 0 Å². The van der Waals surface area contributed by atoms with E-state index in [9.17, 15) is 28.1 Å². The molecule has 0 aliphatic carbocycles. The van der Waals surface area contributed by atoms with Crippen LogP contribution < -0.4 is 5.32 Å². The van der Waals surface area contributed by atoms with E-state index in [4.69, 9.17) is 10.1 Å². The molecule has 0 spiro atoms. The van der Waals surface area contributed by atoms with E-state index in [1.54, 1.807) is 6.92 Å². The average molecular weight is 305 g/mol. The second-order valence-electron chi connectivity index (χ2n) is 3.70. The predicted octanol–water partition coefficient (Wildman–Crippen LogP) is 2.46. The maximum absolute atomic E-state index is 12.1. The highest BCUT2D eigenvalue weighted by Gasteiger charge is 2.39. The predicted molar refractivity (Wildman–Crippen MR) is 66.2 cm³/mol. The van der Waals surface area contributed by atoms with E-state index in [2.05, 4.69) is 0 Å². The molecule has 0 heterocycles. The van der Waals surface area contributed by atoms with Gasteiger partial charge in [-0.05, 0) is 19.1 Å². The number of nitrogens with one attached hydrogen (secondary N) is 2. The van der Waals surface area contributed by atoms with Crippen molar-refractivity contribution in [3.8, 4) is 0 Å². The summed E-state index contributed by atoms with van der Waals surface area (Å²) in [6.45, 7) is 1.75. The quantitative estimate of drug-likeness (QED) is 0.386. The molecule has 0 aromatic heterocycles. The van der Waals surface area contributed by atoms with Crippen molar-refractivity contribution in [2.24, 2.45) is 0 Å². The molecular weight excluding hydrogens is 295 g/mol. The number of halogens is 3. The number of hydrogen-bond donors (Lipinski definition) is 2. The number of anilines is 1. The fourth-order valence-electron chi connectivity index (χ4n) is 1.35. The fraction of sp³-hybridized carbons (Fsp3) is 0.273. The lowest BCUT2D eigenvalue weighted by Crippen LogP contribution is -2.30. The average Bonchev–Trinajstić information content (AvgIpc) is 2.37. The van der Waals surface area contributed by atoms with Crippen LogP contribution in [0.4, 0.5) is 24.5 Å². The van der Waals surface area contributed by atoms with Crippen LogP contribution in [-0.4, -0.2) is 29.5 Å². The van der Waals surface area contributed by atoms with Crippen LogP contribution >= 0.6 is 0 Å². The molecule has 1 rings (SSSR count). The highest BCUT2D eigenvalue weighted by Crippen LogP contribution is 2.28. The number of nitro groups is 1.